The predicted octanol–water partition coefficient (Wildman–Crippen LogP) is 3.67. The highest BCUT2D eigenvalue weighted by Crippen LogP contribution is 2.19. The van der Waals surface area contributed by atoms with Crippen LogP contribution >= 0.6 is 0 Å². The van der Waals surface area contributed by atoms with E-state index >= 15 is 0 Å². The third-order valence-corrected chi connectivity index (χ3v) is 3.62. The number of hydrogen-bond acceptors (Lipinski definition) is 3. The molecule has 0 bridgehead atoms. The van der Waals surface area contributed by atoms with Crippen molar-refractivity contribution in [3.63, 3.8) is 0 Å². The molecule has 0 aliphatic heterocycles. The molecule has 0 saturated heterocycles. The van der Waals surface area contributed by atoms with Gasteiger partial charge in [-0.3, -0.25) is 4.98 Å². The highest BCUT2D eigenvalue weighted by molar-refractivity contribution is 5.35. The van der Waals surface area contributed by atoms with Crippen molar-refractivity contribution < 1.29 is 10.2 Å². The molecule has 2 aromatic carbocycles. The first-order valence-corrected chi connectivity index (χ1v) is 7.19. The van der Waals surface area contributed by atoms with E-state index in [1.54, 1.807) is 30.5 Å². The van der Waals surface area contributed by atoms with Crippen LogP contribution in [0.4, 0.5) is 0 Å². The first-order chi connectivity index (χ1) is 10.7. The van der Waals surface area contributed by atoms with Gasteiger partial charge in [-0.25, -0.2) is 0 Å². The lowest BCUT2D eigenvalue weighted by atomic mass is 9.99. The average molecular weight is 291 g/mol. The van der Waals surface area contributed by atoms with Crippen molar-refractivity contribution in [1.29, 1.82) is 0 Å². The molecule has 0 fully saturated rings. The number of nitrogens with zero attached hydrogens (tertiary/aromatic N) is 1. The number of aromatic hydroxyl groups is 2. The van der Waals surface area contributed by atoms with Gasteiger partial charge in [0.15, 0.2) is 0 Å². The highest BCUT2D eigenvalue weighted by Gasteiger charge is 2.06. The van der Waals surface area contributed by atoms with Crippen LogP contribution in [0.1, 0.15) is 22.4 Å². The lowest BCUT2D eigenvalue weighted by Crippen LogP contribution is -2.00. The Morgan fingerprint density at radius 3 is 1.82 bits per heavy atom. The van der Waals surface area contributed by atoms with Crippen molar-refractivity contribution in [2.75, 3.05) is 0 Å². The Hall–Kier alpha value is -2.81. The molecule has 0 radical (unpaired) electrons. The number of rotatable bonds is 4. The smallest absolute Gasteiger partial charge is 0.115 e. The molecule has 22 heavy (non-hydrogen) atoms. The van der Waals surface area contributed by atoms with E-state index in [-0.39, 0.29) is 11.5 Å². The van der Waals surface area contributed by atoms with Crippen molar-refractivity contribution in [1.82, 2.24) is 4.98 Å². The Balaban J connectivity index is 1.83. The quantitative estimate of drug-likeness (QED) is 0.771. The largest absolute Gasteiger partial charge is 0.508 e. The Morgan fingerprint density at radius 1 is 0.682 bits per heavy atom. The second-order valence-electron chi connectivity index (χ2n) is 5.30. The van der Waals surface area contributed by atoms with Gasteiger partial charge in [0.1, 0.15) is 11.5 Å². The summed E-state index contributed by atoms with van der Waals surface area (Å²) in [7, 11) is 0. The Bertz CT molecular complexity index is 683. The number of aromatic nitrogens is 1. The molecule has 0 aliphatic rings. The monoisotopic (exact) mass is 291 g/mol. The maximum atomic E-state index is 9.36. The number of phenolic OH excluding ortho intramolecular Hbond substituents is 2. The molecule has 0 spiro atoms. The summed E-state index contributed by atoms with van der Waals surface area (Å²) in [5, 5.41) is 18.7. The van der Waals surface area contributed by atoms with Gasteiger partial charge < -0.3 is 10.2 Å². The van der Waals surface area contributed by atoms with Crippen LogP contribution in [0.2, 0.25) is 0 Å². The number of pyridine rings is 1. The van der Waals surface area contributed by atoms with Crippen LogP contribution < -0.4 is 0 Å². The minimum absolute atomic E-state index is 0.272. The van der Waals surface area contributed by atoms with Crippen molar-refractivity contribution in [2.45, 2.75) is 12.8 Å². The van der Waals surface area contributed by atoms with Gasteiger partial charge in [-0.05, 0) is 53.4 Å². The van der Waals surface area contributed by atoms with E-state index in [2.05, 4.69) is 11.1 Å². The van der Waals surface area contributed by atoms with Gasteiger partial charge in [-0.15, -0.1) is 0 Å². The molecule has 0 saturated carbocycles. The summed E-state index contributed by atoms with van der Waals surface area (Å²) in [6, 6.07) is 18.5. The second kappa shape index (κ2) is 6.31. The maximum Gasteiger partial charge on any atom is 0.115 e. The standard InChI is InChI=1S/C19H17NO2/c21-17-7-3-14(4-8-17)12-16-2-1-11-20-19(16)13-15-5-9-18(22)10-6-15/h1-11,21-22H,12-13H2. The van der Waals surface area contributed by atoms with Gasteiger partial charge in [0.2, 0.25) is 0 Å². The van der Waals surface area contributed by atoms with Crippen LogP contribution in [0, 0.1) is 0 Å². The average Bonchev–Trinajstić information content (AvgIpc) is 2.54. The third-order valence-electron chi connectivity index (χ3n) is 3.62. The predicted molar refractivity (Wildman–Crippen MR) is 86.1 cm³/mol. The van der Waals surface area contributed by atoms with E-state index in [1.165, 1.54) is 5.56 Å². The highest BCUT2D eigenvalue weighted by atomic mass is 16.3. The zero-order chi connectivity index (χ0) is 15.4. The van der Waals surface area contributed by atoms with Gasteiger partial charge in [0, 0.05) is 18.3 Å². The van der Waals surface area contributed by atoms with E-state index in [4.69, 9.17) is 0 Å². The number of hydrogen-bond donors (Lipinski definition) is 2. The minimum atomic E-state index is 0.272. The minimum Gasteiger partial charge on any atom is -0.508 e. The second-order valence-corrected chi connectivity index (χ2v) is 5.30. The van der Waals surface area contributed by atoms with Crippen LogP contribution in [-0.2, 0) is 12.8 Å². The molecule has 0 amide bonds. The van der Waals surface area contributed by atoms with E-state index in [0.29, 0.717) is 0 Å². The van der Waals surface area contributed by atoms with Crippen molar-refractivity contribution >= 4 is 0 Å². The van der Waals surface area contributed by atoms with Gasteiger partial charge in [0.05, 0.1) is 0 Å². The Kier molecular flexibility index (Phi) is 4.05. The van der Waals surface area contributed by atoms with Crippen LogP contribution in [0.15, 0.2) is 66.9 Å². The van der Waals surface area contributed by atoms with Crippen molar-refractivity contribution in [3.05, 3.63) is 89.2 Å². The van der Waals surface area contributed by atoms with E-state index in [1.807, 2.05) is 30.3 Å². The van der Waals surface area contributed by atoms with Crippen molar-refractivity contribution in [2.24, 2.45) is 0 Å². The fourth-order valence-electron chi connectivity index (χ4n) is 2.43. The number of benzene rings is 2. The molecule has 2 N–H and O–H groups in total. The molecule has 0 aliphatic carbocycles. The lowest BCUT2D eigenvalue weighted by Gasteiger charge is -2.09. The Labute approximate surface area is 129 Å². The molecular weight excluding hydrogens is 274 g/mol. The van der Waals surface area contributed by atoms with Crippen LogP contribution in [-0.4, -0.2) is 15.2 Å². The maximum absolute atomic E-state index is 9.36. The molecule has 3 heteroatoms. The molecule has 3 rings (SSSR count). The summed E-state index contributed by atoms with van der Waals surface area (Å²) < 4.78 is 0. The third kappa shape index (κ3) is 3.44. The zero-order valence-corrected chi connectivity index (χ0v) is 12.1. The molecular formula is C19H17NO2. The number of phenols is 2. The van der Waals surface area contributed by atoms with Crippen LogP contribution in [0.25, 0.3) is 0 Å². The first kappa shape index (κ1) is 14.1. The molecule has 3 nitrogen and oxygen atoms in total. The SMILES string of the molecule is Oc1ccc(Cc2cccnc2Cc2ccc(O)cc2)cc1. The lowest BCUT2D eigenvalue weighted by molar-refractivity contribution is 0.474. The van der Waals surface area contributed by atoms with E-state index in [0.717, 1.165) is 29.7 Å². The van der Waals surface area contributed by atoms with Crippen molar-refractivity contribution in [3.8, 4) is 11.5 Å². The fourth-order valence-corrected chi connectivity index (χ4v) is 2.43. The Morgan fingerprint density at radius 2 is 1.23 bits per heavy atom. The summed E-state index contributed by atoms with van der Waals surface area (Å²) in [4.78, 5) is 4.50. The molecule has 0 unspecified atom stereocenters. The van der Waals surface area contributed by atoms with E-state index < -0.39 is 0 Å². The fraction of sp³-hybridized carbons (Fsp3) is 0.105. The topological polar surface area (TPSA) is 53.4 Å². The van der Waals surface area contributed by atoms with Gasteiger partial charge in [0.25, 0.3) is 0 Å². The van der Waals surface area contributed by atoms with Gasteiger partial charge in [-0.1, -0.05) is 30.3 Å². The first-order valence-electron chi connectivity index (χ1n) is 7.19. The molecule has 110 valence electrons. The normalized spacial score (nSPS) is 10.5. The summed E-state index contributed by atoms with van der Waals surface area (Å²) in [5.41, 5.74) is 4.45. The summed E-state index contributed by atoms with van der Waals surface area (Å²) in [6.07, 6.45) is 3.31. The van der Waals surface area contributed by atoms with Crippen LogP contribution in [0.3, 0.4) is 0 Å². The summed E-state index contributed by atoms with van der Waals surface area (Å²) in [6.45, 7) is 0. The summed E-state index contributed by atoms with van der Waals surface area (Å²) >= 11 is 0. The van der Waals surface area contributed by atoms with Gasteiger partial charge in [-0.2, -0.15) is 0 Å². The zero-order valence-electron chi connectivity index (χ0n) is 12.1. The van der Waals surface area contributed by atoms with E-state index in [9.17, 15) is 10.2 Å². The molecule has 1 aromatic heterocycles. The van der Waals surface area contributed by atoms with Gasteiger partial charge >= 0.3 is 0 Å². The molecule has 3 aromatic rings. The van der Waals surface area contributed by atoms with Crippen LogP contribution in [0.5, 0.6) is 11.5 Å². The molecule has 1 heterocycles. The summed E-state index contributed by atoms with van der Waals surface area (Å²) in [5.74, 6) is 0.549. The molecule has 0 atom stereocenters.